The van der Waals surface area contributed by atoms with Gasteiger partial charge in [-0.05, 0) is 48.4 Å². The van der Waals surface area contributed by atoms with Crippen molar-refractivity contribution in [2.45, 2.75) is 39.0 Å². The molecule has 3 amide bonds. The van der Waals surface area contributed by atoms with E-state index in [-0.39, 0.29) is 30.7 Å². The molecule has 1 aliphatic rings. The Balaban J connectivity index is 1.36. The maximum Gasteiger partial charge on any atom is 0.279 e. The molecule has 0 aliphatic heterocycles. The van der Waals surface area contributed by atoms with Crippen LogP contribution in [0.4, 0.5) is 0 Å². The number of benzene rings is 1. The summed E-state index contributed by atoms with van der Waals surface area (Å²) in [6, 6.07) is 11.4. The van der Waals surface area contributed by atoms with Gasteiger partial charge in [-0.1, -0.05) is 43.7 Å². The van der Waals surface area contributed by atoms with Crippen LogP contribution in [0.1, 0.15) is 51.9 Å². The molecule has 0 spiro atoms. The van der Waals surface area contributed by atoms with Gasteiger partial charge in [-0.15, -0.1) is 11.3 Å². The highest BCUT2D eigenvalue weighted by molar-refractivity contribution is 7.14. The van der Waals surface area contributed by atoms with E-state index >= 15 is 0 Å². The highest BCUT2D eigenvalue weighted by atomic mass is 32.1. The van der Waals surface area contributed by atoms with E-state index in [1.807, 2.05) is 36.4 Å². The van der Waals surface area contributed by atoms with Gasteiger partial charge in [0.1, 0.15) is 0 Å². The number of hydrogen-bond donors (Lipinski definition) is 3. The minimum atomic E-state index is -0.358. The number of aryl methyl sites for hydroxylation is 1. The lowest BCUT2D eigenvalue weighted by atomic mass is 9.87. The van der Waals surface area contributed by atoms with Gasteiger partial charge in [0.05, 0.1) is 4.88 Å². The molecule has 0 saturated carbocycles. The predicted molar refractivity (Wildman–Crippen MR) is 119 cm³/mol. The third-order valence-corrected chi connectivity index (χ3v) is 6.42. The van der Waals surface area contributed by atoms with Crippen LogP contribution in [0.5, 0.6) is 0 Å². The molecule has 158 valence electrons. The molecule has 1 aromatic carbocycles. The molecule has 1 aliphatic carbocycles. The van der Waals surface area contributed by atoms with Crippen LogP contribution in [-0.4, -0.2) is 24.3 Å². The zero-order chi connectivity index (χ0) is 21.3. The summed E-state index contributed by atoms with van der Waals surface area (Å²) in [7, 11) is 0. The molecule has 1 atom stereocenters. The predicted octanol–water partition coefficient (Wildman–Crippen LogP) is 3.24. The summed E-state index contributed by atoms with van der Waals surface area (Å²) in [4.78, 5) is 37.9. The first-order chi connectivity index (χ1) is 14.5. The van der Waals surface area contributed by atoms with Gasteiger partial charge in [-0.3, -0.25) is 25.2 Å². The van der Waals surface area contributed by atoms with E-state index < -0.39 is 0 Å². The van der Waals surface area contributed by atoms with Crippen LogP contribution in [0.15, 0.2) is 42.5 Å². The van der Waals surface area contributed by atoms with Crippen LogP contribution in [0.25, 0.3) is 6.08 Å². The zero-order valence-electron chi connectivity index (χ0n) is 17.1. The summed E-state index contributed by atoms with van der Waals surface area (Å²) < 4.78 is 0. The monoisotopic (exact) mass is 425 g/mol. The summed E-state index contributed by atoms with van der Waals surface area (Å²) in [5, 5.41) is 2.65. The fourth-order valence-corrected chi connectivity index (χ4v) is 4.51. The van der Waals surface area contributed by atoms with Crippen molar-refractivity contribution in [1.82, 2.24) is 16.2 Å². The summed E-state index contributed by atoms with van der Waals surface area (Å²) in [6.45, 7) is 2.39. The Morgan fingerprint density at radius 2 is 1.97 bits per heavy atom. The van der Waals surface area contributed by atoms with Crippen molar-refractivity contribution in [3.63, 3.8) is 0 Å². The van der Waals surface area contributed by atoms with Gasteiger partial charge >= 0.3 is 0 Å². The molecule has 0 saturated heterocycles. The number of carbonyl (C=O) groups excluding carboxylic acids is 3. The van der Waals surface area contributed by atoms with Gasteiger partial charge in [0, 0.05) is 23.9 Å². The van der Waals surface area contributed by atoms with Crippen LogP contribution in [0.2, 0.25) is 0 Å². The second kappa shape index (κ2) is 10.7. The summed E-state index contributed by atoms with van der Waals surface area (Å²) in [5.74, 6) is -0.237. The molecule has 3 N–H and O–H groups in total. The van der Waals surface area contributed by atoms with Crippen molar-refractivity contribution in [1.29, 1.82) is 0 Å². The van der Waals surface area contributed by atoms with Gasteiger partial charge in [0.25, 0.3) is 5.91 Å². The van der Waals surface area contributed by atoms with Crippen LogP contribution in [-0.2, 0) is 22.4 Å². The number of rotatable bonds is 7. The average Bonchev–Trinajstić information content (AvgIpc) is 3.20. The third-order valence-electron chi connectivity index (χ3n) is 5.18. The largest absolute Gasteiger partial charge is 0.352 e. The normalized spacial score (nSPS) is 15.4. The molecular formula is C23H27N3O3S. The minimum Gasteiger partial charge on any atom is -0.352 e. The highest BCUT2D eigenvalue weighted by Crippen LogP contribution is 2.33. The molecule has 30 heavy (non-hydrogen) atoms. The molecule has 2 aromatic rings. The van der Waals surface area contributed by atoms with E-state index in [0.717, 1.165) is 24.8 Å². The number of hydrazine groups is 1. The Bertz CT molecular complexity index is 921. The van der Waals surface area contributed by atoms with Crippen molar-refractivity contribution in [2.24, 2.45) is 5.92 Å². The van der Waals surface area contributed by atoms with Crippen molar-refractivity contribution in [2.75, 3.05) is 6.54 Å². The zero-order valence-corrected chi connectivity index (χ0v) is 17.9. The van der Waals surface area contributed by atoms with Crippen LogP contribution >= 0.6 is 11.3 Å². The quantitative estimate of drug-likeness (QED) is 0.470. The molecule has 0 fully saturated rings. The van der Waals surface area contributed by atoms with Gasteiger partial charge in [0.15, 0.2) is 0 Å². The van der Waals surface area contributed by atoms with E-state index in [0.29, 0.717) is 10.8 Å². The molecule has 1 heterocycles. The van der Waals surface area contributed by atoms with Gasteiger partial charge in [0.2, 0.25) is 11.8 Å². The van der Waals surface area contributed by atoms with Crippen LogP contribution < -0.4 is 16.2 Å². The van der Waals surface area contributed by atoms with Crippen molar-refractivity contribution >= 4 is 35.1 Å². The lowest BCUT2D eigenvalue weighted by Crippen LogP contribution is -2.42. The second-order valence-corrected chi connectivity index (χ2v) is 8.50. The van der Waals surface area contributed by atoms with Crippen molar-refractivity contribution < 1.29 is 14.4 Å². The van der Waals surface area contributed by atoms with Crippen molar-refractivity contribution in [3.05, 3.63) is 63.4 Å². The van der Waals surface area contributed by atoms with Crippen molar-refractivity contribution in [3.8, 4) is 0 Å². The summed E-state index contributed by atoms with van der Waals surface area (Å²) >= 11 is 1.51. The molecule has 7 heteroatoms. The molecule has 6 nitrogen and oxygen atoms in total. The number of thiophene rings is 1. The Morgan fingerprint density at radius 3 is 2.73 bits per heavy atom. The molecule has 0 radical (unpaired) electrons. The molecule has 0 bridgehead atoms. The number of carbonyl (C=O) groups is 3. The topological polar surface area (TPSA) is 87.3 Å². The molecular weight excluding hydrogens is 398 g/mol. The molecule has 0 unspecified atom stereocenters. The van der Waals surface area contributed by atoms with Crippen LogP contribution in [0, 0.1) is 5.92 Å². The standard InChI is InChI=1S/C23H27N3O3S/c1-2-16-8-10-19-18(14-16)15-20(30-19)23(29)26-25-22(28)12-13-24-21(27)11-9-17-6-4-3-5-7-17/h3-7,9,11,15-16H,2,8,10,12-14H2,1H3,(H,24,27)(H,25,28)(H,26,29)/b11-9+/t16-/m1/s1. The minimum absolute atomic E-state index is 0.0737. The smallest absolute Gasteiger partial charge is 0.279 e. The second-order valence-electron chi connectivity index (χ2n) is 7.36. The van der Waals surface area contributed by atoms with E-state index in [1.165, 1.54) is 34.3 Å². The SMILES string of the molecule is CC[C@@H]1CCc2sc(C(=O)NNC(=O)CCNC(=O)/C=C/c3ccccc3)cc2C1. The number of amides is 3. The lowest BCUT2D eigenvalue weighted by molar-refractivity contribution is -0.122. The van der Waals surface area contributed by atoms with Gasteiger partial charge in [-0.2, -0.15) is 0 Å². The van der Waals surface area contributed by atoms with E-state index in [2.05, 4.69) is 23.1 Å². The average molecular weight is 426 g/mol. The number of fused-ring (bicyclic) bond motifs is 1. The molecule has 1 aromatic heterocycles. The first-order valence-electron chi connectivity index (χ1n) is 10.3. The summed E-state index contributed by atoms with van der Waals surface area (Å²) in [5.41, 5.74) is 7.06. The fourth-order valence-electron chi connectivity index (χ4n) is 3.40. The van der Waals surface area contributed by atoms with Gasteiger partial charge < -0.3 is 5.32 Å². The first kappa shape index (κ1) is 21.8. The lowest BCUT2D eigenvalue weighted by Gasteiger charge is -2.19. The summed E-state index contributed by atoms with van der Waals surface area (Å²) in [6.07, 6.45) is 7.59. The number of nitrogens with one attached hydrogen (secondary N) is 3. The Morgan fingerprint density at radius 1 is 1.17 bits per heavy atom. The first-order valence-corrected chi connectivity index (χ1v) is 11.1. The maximum atomic E-state index is 12.3. The number of hydrogen-bond acceptors (Lipinski definition) is 4. The van der Waals surface area contributed by atoms with Crippen LogP contribution in [0.3, 0.4) is 0 Å². The maximum absolute atomic E-state index is 12.3. The fraction of sp³-hybridized carbons (Fsp3) is 0.348. The Hall–Kier alpha value is -2.93. The Labute approximate surface area is 180 Å². The third kappa shape index (κ3) is 6.29. The van der Waals surface area contributed by atoms with Gasteiger partial charge in [-0.25, -0.2) is 0 Å². The Kier molecular flexibility index (Phi) is 7.79. The van der Waals surface area contributed by atoms with E-state index in [1.54, 1.807) is 6.08 Å². The highest BCUT2D eigenvalue weighted by Gasteiger charge is 2.22. The van der Waals surface area contributed by atoms with E-state index in [9.17, 15) is 14.4 Å². The molecule has 3 rings (SSSR count). The van der Waals surface area contributed by atoms with E-state index in [4.69, 9.17) is 0 Å².